The molecule has 0 atom stereocenters. The molecule has 5 aromatic rings. The maximum atomic E-state index is 2.36. The third-order valence-electron chi connectivity index (χ3n) is 6.03. The van der Waals surface area contributed by atoms with Crippen molar-refractivity contribution >= 4 is 67.1 Å². The lowest BCUT2D eigenvalue weighted by Crippen LogP contribution is -1.79. The van der Waals surface area contributed by atoms with Crippen LogP contribution in [0.4, 0.5) is 0 Å². The van der Waals surface area contributed by atoms with Crippen molar-refractivity contribution in [3.8, 4) is 0 Å². The molecule has 5 rings (SSSR count). The van der Waals surface area contributed by atoms with Crippen LogP contribution in [-0.4, -0.2) is 0 Å². The standard InChI is InChI=1S/C30H26S2/c1-19-5-9-23(10-6-19)13-15-25-17-27-21(3)30-28(22(4)29(27)31-25)18-26(32-30)16-14-24-11-7-20(2)8-12-24/h5-18H,1-4H3. The normalized spacial score (nSPS) is 12.1. The van der Waals surface area contributed by atoms with Gasteiger partial charge in [0.05, 0.1) is 0 Å². The van der Waals surface area contributed by atoms with E-state index in [0.29, 0.717) is 0 Å². The zero-order valence-electron chi connectivity index (χ0n) is 18.9. The molecule has 0 unspecified atom stereocenters. The van der Waals surface area contributed by atoms with E-state index in [2.05, 4.69) is 113 Å². The van der Waals surface area contributed by atoms with E-state index in [0.717, 1.165) is 0 Å². The van der Waals surface area contributed by atoms with Gasteiger partial charge in [-0.15, -0.1) is 22.7 Å². The Morgan fingerprint density at radius 2 is 0.875 bits per heavy atom. The molecule has 0 aliphatic heterocycles. The van der Waals surface area contributed by atoms with Crippen LogP contribution < -0.4 is 0 Å². The predicted octanol–water partition coefficient (Wildman–Crippen LogP) is 9.69. The Hall–Kier alpha value is -2.94. The predicted molar refractivity (Wildman–Crippen MR) is 147 cm³/mol. The molecular formula is C30H26S2. The number of aryl methyl sites for hydroxylation is 4. The van der Waals surface area contributed by atoms with Crippen molar-refractivity contribution in [2.24, 2.45) is 0 Å². The minimum atomic E-state index is 1.24. The van der Waals surface area contributed by atoms with Crippen LogP contribution in [0.1, 0.15) is 43.1 Å². The second-order valence-corrected chi connectivity index (χ2v) is 10.7. The molecule has 3 aromatic carbocycles. The molecule has 0 saturated carbocycles. The molecule has 0 saturated heterocycles. The number of thiophene rings is 2. The molecule has 2 heteroatoms. The Morgan fingerprint density at radius 1 is 0.500 bits per heavy atom. The van der Waals surface area contributed by atoms with Crippen molar-refractivity contribution in [2.45, 2.75) is 27.7 Å². The Kier molecular flexibility index (Phi) is 5.58. The number of hydrogen-bond donors (Lipinski definition) is 0. The molecule has 0 radical (unpaired) electrons. The van der Waals surface area contributed by atoms with Crippen LogP contribution in [0.3, 0.4) is 0 Å². The molecule has 2 heterocycles. The van der Waals surface area contributed by atoms with Gasteiger partial charge in [-0.05, 0) is 85.0 Å². The van der Waals surface area contributed by atoms with Crippen molar-refractivity contribution in [3.63, 3.8) is 0 Å². The van der Waals surface area contributed by atoms with Gasteiger partial charge in [0.1, 0.15) is 0 Å². The molecule has 0 fully saturated rings. The minimum Gasteiger partial charge on any atom is -0.136 e. The maximum absolute atomic E-state index is 2.36. The van der Waals surface area contributed by atoms with E-state index in [1.807, 2.05) is 22.7 Å². The third kappa shape index (κ3) is 4.09. The van der Waals surface area contributed by atoms with Crippen molar-refractivity contribution in [3.05, 3.63) is 104 Å². The van der Waals surface area contributed by atoms with Crippen LogP contribution in [0.5, 0.6) is 0 Å². The van der Waals surface area contributed by atoms with E-state index in [1.165, 1.54) is 63.3 Å². The Balaban J connectivity index is 1.50. The Labute approximate surface area is 198 Å². The zero-order valence-corrected chi connectivity index (χ0v) is 20.5. The van der Waals surface area contributed by atoms with Gasteiger partial charge in [-0.1, -0.05) is 71.8 Å². The van der Waals surface area contributed by atoms with E-state index in [1.54, 1.807) is 0 Å². The fourth-order valence-electron chi connectivity index (χ4n) is 4.06. The summed E-state index contributed by atoms with van der Waals surface area (Å²) < 4.78 is 2.82. The monoisotopic (exact) mass is 450 g/mol. The molecular weight excluding hydrogens is 424 g/mol. The van der Waals surface area contributed by atoms with Gasteiger partial charge in [-0.25, -0.2) is 0 Å². The van der Waals surface area contributed by atoms with Gasteiger partial charge in [-0.2, -0.15) is 0 Å². The second-order valence-electron chi connectivity index (χ2n) is 8.52. The lowest BCUT2D eigenvalue weighted by molar-refractivity contribution is 1.46. The van der Waals surface area contributed by atoms with Gasteiger partial charge >= 0.3 is 0 Å². The van der Waals surface area contributed by atoms with E-state index in [9.17, 15) is 0 Å². The summed E-state index contributed by atoms with van der Waals surface area (Å²) >= 11 is 3.79. The van der Waals surface area contributed by atoms with Crippen molar-refractivity contribution in [2.75, 3.05) is 0 Å². The van der Waals surface area contributed by atoms with Crippen molar-refractivity contribution in [1.29, 1.82) is 0 Å². The van der Waals surface area contributed by atoms with Crippen molar-refractivity contribution < 1.29 is 0 Å². The Bertz CT molecular complexity index is 1300. The van der Waals surface area contributed by atoms with Crippen LogP contribution in [0.2, 0.25) is 0 Å². The first-order valence-corrected chi connectivity index (χ1v) is 12.6. The smallest absolute Gasteiger partial charge is 0.0388 e. The molecule has 158 valence electrons. The van der Waals surface area contributed by atoms with Crippen LogP contribution in [-0.2, 0) is 0 Å². The van der Waals surface area contributed by atoms with E-state index in [4.69, 9.17) is 0 Å². The van der Waals surface area contributed by atoms with Crippen molar-refractivity contribution in [1.82, 2.24) is 0 Å². The molecule has 0 aliphatic carbocycles. The average molecular weight is 451 g/mol. The molecule has 32 heavy (non-hydrogen) atoms. The summed E-state index contributed by atoms with van der Waals surface area (Å²) in [5.41, 5.74) is 7.87. The molecule has 0 N–H and O–H groups in total. The summed E-state index contributed by atoms with van der Waals surface area (Å²) in [5.74, 6) is 0. The molecule has 0 nitrogen and oxygen atoms in total. The first-order valence-electron chi connectivity index (χ1n) is 10.9. The lowest BCUT2D eigenvalue weighted by atomic mass is 10.0. The highest BCUT2D eigenvalue weighted by Crippen LogP contribution is 2.41. The third-order valence-corrected chi connectivity index (χ3v) is 8.47. The number of rotatable bonds is 4. The lowest BCUT2D eigenvalue weighted by Gasteiger charge is -2.03. The molecule has 0 amide bonds. The molecule has 0 spiro atoms. The molecule has 0 bridgehead atoms. The first kappa shape index (κ1) is 20.9. The highest BCUT2D eigenvalue weighted by Gasteiger charge is 2.14. The molecule has 0 aliphatic rings. The summed E-state index contributed by atoms with van der Waals surface area (Å²) in [6.07, 6.45) is 8.92. The van der Waals surface area contributed by atoms with Gasteiger partial charge in [-0.3, -0.25) is 0 Å². The summed E-state index contributed by atoms with van der Waals surface area (Å²) in [6.45, 7) is 8.79. The van der Waals surface area contributed by atoms with E-state index < -0.39 is 0 Å². The second kappa shape index (κ2) is 8.54. The van der Waals surface area contributed by atoms with Gasteiger partial charge in [0.15, 0.2) is 0 Å². The van der Waals surface area contributed by atoms with Gasteiger partial charge < -0.3 is 0 Å². The first-order chi connectivity index (χ1) is 15.5. The summed E-state index contributed by atoms with van der Waals surface area (Å²) in [6, 6.07) is 22.1. The fraction of sp³-hybridized carbons (Fsp3) is 0.133. The highest BCUT2D eigenvalue weighted by molar-refractivity contribution is 7.22. The summed E-state index contributed by atoms with van der Waals surface area (Å²) in [4.78, 5) is 2.62. The van der Waals surface area contributed by atoms with Gasteiger partial charge in [0.25, 0.3) is 0 Å². The SMILES string of the molecule is Cc1ccc(C=Cc2cc3c(C)c4sc(C=Cc5ccc(C)cc5)cc4c(C)c3s2)cc1. The highest BCUT2D eigenvalue weighted by atomic mass is 32.1. The summed E-state index contributed by atoms with van der Waals surface area (Å²) in [7, 11) is 0. The maximum Gasteiger partial charge on any atom is 0.0388 e. The van der Waals surface area contributed by atoms with Crippen LogP contribution in [0.15, 0.2) is 60.7 Å². The molecule has 2 aromatic heterocycles. The van der Waals surface area contributed by atoms with E-state index >= 15 is 0 Å². The average Bonchev–Trinajstić information content (AvgIpc) is 3.42. The number of fused-ring (bicyclic) bond motifs is 2. The van der Waals surface area contributed by atoms with Gasteiger partial charge in [0, 0.05) is 19.2 Å². The van der Waals surface area contributed by atoms with Crippen LogP contribution in [0, 0.1) is 27.7 Å². The largest absolute Gasteiger partial charge is 0.136 e. The zero-order chi connectivity index (χ0) is 22.2. The van der Waals surface area contributed by atoms with Crippen LogP contribution in [0.25, 0.3) is 44.5 Å². The topological polar surface area (TPSA) is 0 Å². The van der Waals surface area contributed by atoms with E-state index in [-0.39, 0.29) is 0 Å². The summed E-state index contributed by atoms with van der Waals surface area (Å²) in [5, 5.41) is 2.78. The van der Waals surface area contributed by atoms with Gasteiger partial charge in [0.2, 0.25) is 0 Å². The Morgan fingerprint density at radius 3 is 1.25 bits per heavy atom. The fourth-order valence-corrected chi connectivity index (χ4v) is 6.32. The minimum absolute atomic E-state index is 1.24. The number of benzene rings is 3. The quantitative estimate of drug-likeness (QED) is 0.256. The van der Waals surface area contributed by atoms with Crippen LogP contribution >= 0.6 is 22.7 Å². The number of hydrogen-bond acceptors (Lipinski definition) is 2.